The number of aliphatic hydroxyl groups excluding tert-OH is 1. The van der Waals surface area contributed by atoms with E-state index in [-0.39, 0.29) is 36.0 Å². The number of rotatable bonds is 7. The molecule has 0 amide bonds. The van der Waals surface area contributed by atoms with Crippen molar-refractivity contribution in [1.82, 2.24) is 19.5 Å². The minimum Gasteiger partial charge on any atom is -0.460 e. The highest BCUT2D eigenvalue weighted by atomic mass is 19.4. The highest BCUT2D eigenvalue weighted by molar-refractivity contribution is 5.91. The van der Waals surface area contributed by atoms with Gasteiger partial charge in [0.05, 0.1) is 29.6 Å². The Labute approximate surface area is 184 Å². The Bertz CT molecular complexity index is 1300. The molecule has 12 heteroatoms. The summed E-state index contributed by atoms with van der Waals surface area (Å²) in [5.74, 6) is -0.178. The molecule has 0 saturated heterocycles. The summed E-state index contributed by atoms with van der Waals surface area (Å²) >= 11 is 0. The third kappa shape index (κ3) is 4.37. The van der Waals surface area contributed by atoms with E-state index in [1.165, 1.54) is 35.1 Å². The third-order valence-electron chi connectivity index (χ3n) is 4.73. The Kier molecular flexibility index (Phi) is 6.01. The van der Waals surface area contributed by atoms with Crippen LogP contribution >= 0.6 is 0 Å². The lowest BCUT2D eigenvalue weighted by molar-refractivity contribution is -0.142. The van der Waals surface area contributed by atoms with Crippen LogP contribution in [0.1, 0.15) is 28.5 Å². The lowest BCUT2D eigenvalue weighted by atomic mass is 10.1. The van der Waals surface area contributed by atoms with Crippen molar-refractivity contribution in [2.24, 2.45) is 0 Å². The molecule has 0 saturated carbocycles. The van der Waals surface area contributed by atoms with Gasteiger partial charge in [0, 0.05) is 12.4 Å². The van der Waals surface area contributed by atoms with Crippen LogP contribution in [0.25, 0.3) is 16.9 Å². The SMILES string of the molecule is CCc1cc(Oc2nccn3c(-c4conc4C(F)(F)F)cnc23)ccc1C(=O)OCCO. The summed E-state index contributed by atoms with van der Waals surface area (Å²) in [6.45, 7) is 1.45. The fourth-order valence-electron chi connectivity index (χ4n) is 3.24. The standard InChI is InChI=1S/C21H17F3N4O5/c1-2-12-9-13(3-4-14(12)20(30)31-8-7-29)33-19-18-26-10-16(28(18)6-5-25-19)15-11-32-27-17(15)21(22,23)24/h3-6,9-11,29H,2,7-8H2,1H3. The van der Waals surface area contributed by atoms with E-state index in [0.29, 0.717) is 23.3 Å². The number of benzene rings is 1. The molecule has 0 fully saturated rings. The van der Waals surface area contributed by atoms with Gasteiger partial charge in [-0.25, -0.2) is 14.8 Å². The van der Waals surface area contributed by atoms with Crippen molar-refractivity contribution in [2.75, 3.05) is 13.2 Å². The van der Waals surface area contributed by atoms with Crippen LogP contribution in [0.2, 0.25) is 0 Å². The average molecular weight is 462 g/mol. The zero-order valence-electron chi connectivity index (χ0n) is 17.2. The molecule has 4 rings (SSSR count). The summed E-state index contributed by atoms with van der Waals surface area (Å²) < 4.78 is 56.4. The first-order valence-corrected chi connectivity index (χ1v) is 9.76. The van der Waals surface area contributed by atoms with Crippen molar-refractivity contribution in [3.63, 3.8) is 0 Å². The first kappa shape index (κ1) is 22.3. The van der Waals surface area contributed by atoms with E-state index in [9.17, 15) is 18.0 Å². The normalized spacial score (nSPS) is 11.7. The maximum absolute atomic E-state index is 13.2. The predicted octanol–water partition coefficient (Wildman–Crippen LogP) is 3.91. The van der Waals surface area contributed by atoms with Crippen LogP contribution in [0.5, 0.6) is 11.6 Å². The number of nitrogens with zero attached hydrogens (tertiary/aromatic N) is 4. The van der Waals surface area contributed by atoms with Gasteiger partial charge in [-0.2, -0.15) is 13.2 Å². The molecule has 0 spiro atoms. The molecule has 0 aliphatic carbocycles. The third-order valence-corrected chi connectivity index (χ3v) is 4.73. The van der Waals surface area contributed by atoms with E-state index >= 15 is 0 Å². The van der Waals surface area contributed by atoms with Crippen LogP contribution in [0.3, 0.4) is 0 Å². The zero-order chi connectivity index (χ0) is 23.6. The number of aromatic nitrogens is 4. The molecular formula is C21H17F3N4O5. The van der Waals surface area contributed by atoms with Crippen molar-refractivity contribution in [1.29, 1.82) is 0 Å². The molecule has 1 aromatic carbocycles. The molecule has 33 heavy (non-hydrogen) atoms. The number of hydrogen-bond acceptors (Lipinski definition) is 8. The van der Waals surface area contributed by atoms with Crippen molar-refractivity contribution in [3.05, 3.63) is 59.9 Å². The summed E-state index contributed by atoms with van der Waals surface area (Å²) in [6, 6.07) is 4.69. The maximum atomic E-state index is 13.2. The van der Waals surface area contributed by atoms with Gasteiger partial charge in [0.15, 0.2) is 5.69 Å². The maximum Gasteiger partial charge on any atom is 0.437 e. The Balaban J connectivity index is 1.67. The number of carbonyl (C=O) groups excluding carboxylic acids is 1. The smallest absolute Gasteiger partial charge is 0.437 e. The summed E-state index contributed by atoms with van der Waals surface area (Å²) in [5, 5.41) is 11.9. The van der Waals surface area contributed by atoms with E-state index < -0.39 is 17.8 Å². The number of imidazole rings is 1. The van der Waals surface area contributed by atoms with Crippen LogP contribution in [0.4, 0.5) is 13.2 Å². The summed E-state index contributed by atoms with van der Waals surface area (Å²) in [5.41, 5.74) is -0.190. The Morgan fingerprint density at radius 1 is 1.27 bits per heavy atom. The number of fused-ring (bicyclic) bond motifs is 1. The van der Waals surface area contributed by atoms with Gasteiger partial charge in [-0.1, -0.05) is 12.1 Å². The van der Waals surface area contributed by atoms with Gasteiger partial charge >= 0.3 is 12.1 Å². The molecule has 0 bridgehead atoms. The van der Waals surface area contributed by atoms with Gasteiger partial charge in [-0.05, 0) is 30.2 Å². The Morgan fingerprint density at radius 2 is 2.09 bits per heavy atom. The van der Waals surface area contributed by atoms with Crippen molar-refractivity contribution in [2.45, 2.75) is 19.5 Å². The van der Waals surface area contributed by atoms with Gasteiger partial charge in [0.25, 0.3) is 5.88 Å². The second-order valence-corrected chi connectivity index (χ2v) is 6.78. The quantitative estimate of drug-likeness (QED) is 0.412. The molecule has 4 aromatic rings. The molecule has 0 atom stereocenters. The lowest BCUT2D eigenvalue weighted by Crippen LogP contribution is -2.11. The summed E-state index contributed by atoms with van der Waals surface area (Å²) in [7, 11) is 0. The molecular weight excluding hydrogens is 445 g/mol. The number of ether oxygens (including phenoxy) is 2. The van der Waals surface area contributed by atoms with Gasteiger partial charge in [-0.15, -0.1) is 0 Å². The van der Waals surface area contributed by atoms with Crippen LogP contribution in [0.15, 0.2) is 47.6 Å². The number of halogens is 3. The average Bonchev–Trinajstić information content (AvgIpc) is 3.44. The monoisotopic (exact) mass is 462 g/mol. The Hall–Kier alpha value is -3.93. The van der Waals surface area contributed by atoms with Crippen LogP contribution < -0.4 is 4.74 Å². The summed E-state index contributed by atoms with van der Waals surface area (Å²) in [4.78, 5) is 20.4. The number of hydrogen-bond donors (Lipinski definition) is 1. The van der Waals surface area contributed by atoms with E-state index in [0.717, 1.165) is 6.26 Å². The van der Waals surface area contributed by atoms with Crippen LogP contribution in [0, 0.1) is 0 Å². The molecule has 1 N–H and O–H groups in total. The number of carbonyl (C=O) groups is 1. The highest BCUT2D eigenvalue weighted by Gasteiger charge is 2.38. The minimum atomic E-state index is -4.70. The molecule has 0 aliphatic heterocycles. The zero-order valence-corrected chi connectivity index (χ0v) is 17.2. The topological polar surface area (TPSA) is 112 Å². The van der Waals surface area contributed by atoms with Crippen molar-refractivity contribution in [3.8, 4) is 22.9 Å². The van der Waals surface area contributed by atoms with E-state index in [1.54, 1.807) is 6.07 Å². The van der Waals surface area contributed by atoms with E-state index in [4.69, 9.17) is 14.6 Å². The minimum absolute atomic E-state index is 0.0476. The molecule has 9 nitrogen and oxygen atoms in total. The number of esters is 1. The van der Waals surface area contributed by atoms with Crippen molar-refractivity contribution < 1.29 is 37.1 Å². The largest absolute Gasteiger partial charge is 0.460 e. The van der Waals surface area contributed by atoms with E-state index in [1.807, 2.05) is 6.92 Å². The fourth-order valence-corrected chi connectivity index (χ4v) is 3.24. The van der Waals surface area contributed by atoms with Gasteiger partial charge < -0.3 is 19.1 Å². The summed E-state index contributed by atoms with van der Waals surface area (Å²) in [6.07, 6.45) is 0.735. The number of alkyl halides is 3. The van der Waals surface area contributed by atoms with Crippen LogP contribution in [-0.2, 0) is 17.3 Å². The highest BCUT2D eigenvalue weighted by Crippen LogP contribution is 2.37. The number of aliphatic hydroxyl groups is 1. The fraction of sp³-hybridized carbons (Fsp3) is 0.238. The Morgan fingerprint density at radius 3 is 2.82 bits per heavy atom. The van der Waals surface area contributed by atoms with Gasteiger partial charge in [-0.3, -0.25) is 4.40 Å². The van der Waals surface area contributed by atoms with Gasteiger partial charge in [0.2, 0.25) is 5.65 Å². The lowest BCUT2D eigenvalue weighted by Gasteiger charge is -2.11. The first-order chi connectivity index (χ1) is 15.8. The molecule has 172 valence electrons. The second kappa shape index (κ2) is 8.90. The van der Waals surface area contributed by atoms with Gasteiger partial charge in [0.1, 0.15) is 18.6 Å². The molecule has 0 unspecified atom stereocenters. The number of aryl methyl sites for hydroxylation is 1. The first-order valence-electron chi connectivity index (χ1n) is 9.76. The second-order valence-electron chi connectivity index (χ2n) is 6.78. The van der Waals surface area contributed by atoms with Crippen LogP contribution in [-0.4, -0.2) is 43.8 Å². The molecule has 3 heterocycles. The predicted molar refractivity (Wildman–Crippen MR) is 107 cm³/mol. The van der Waals surface area contributed by atoms with E-state index in [2.05, 4.69) is 19.6 Å². The van der Waals surface area contributed by atoms with Crippen molar-refractivity contribution >= 4 is 11.6 Å². The molecule has 0 radical (unpaired) electrons. The molecule has 3 aromatic heterocycles. The molecule has 0 aliphatic rings.